The van der Waals surface area contributed by atoms with Crippen molar-refractivity contribution in [3.8, 4) is 11.3 Å². The Morgan fingerprint density at radius 2 is 1.33 bits per heavy atom. The fourth-order valence-corrected chi connectivity index (χ4v) is 7.52. The van der Waals surface area contributed by atoms with Gasteiger partial charge in [0.1, 0.15) is 18.1 Å². The van der Waals surface area contributed by atoms with E-state index in [1.807, 2.05) is 128 Å². The van der Waals surface area contributed by atoms with Gasteiger partial charge in [-0.1, -0.05) is 72.8 Å². The standard InChI is InChI=1S/C42H44N6O4/c1-46(2)39(30-13-7-4-8-14-30)42(52)48-24-10-16-37(48)41(51)44-33-21-22-34-31(26-33)27-35(45-34)29-17-19-32(20-18-29)43-40(50)36-15-9-23-47(36)38(49)25-28-11-5-3-6-12-28/h3-8,11-14,17-22,26-27,36-37,39,45H,9-10,15-16,23-25H2,1-2H3,(H,43,50)(H,44,51)/t36?,37-,39+/m0/s1. The molecule has 0 aliphatic carbocycles. The monoisotopic (exact) mass is 696 g/mol. The third kappa shape index (κ3) is 7.48. The van der Waals surface area contributed by atoms with E-state index in [1.54, 1.807) is 9.80 Å². The highest BCUT2D eigenvalue weighted by atomic mass is 16.2. The largest absolute Gasteiger partial charge is 0.355 e. The molecular formula is C42H44N6O4. The number of nitrogens with zero attached hydrogens (tertiary/aromatic N) is 3. The molecule has 2 aliphatic rings. The first-order valence-corrected chi connectivity index (χ1v) is 18.0. The van der Waals surface area contributed by atoms with Crippen LogP contribution in [-0.2, 0) is 25.6 Å². The summed E-state index contributed by atoms with van der Waals surface area (Å²) in [6.45, 7) is 1.13. The smallest absolute Gasteiger partial charge is 0.247 e. The molecule has 52 heavy (non-hydrogen) atoms. The predicted molar refractivity (Wildman–Crippen MR) is 203 cm³/mol. The summed E-state index contributed by atoms with van der Waals surface area (Å²) in [5.41, 5.74) is 5.92. The zero-order valence-corrected chi connectivity index (χ0v) is 29.5. The van der Waals surface area contributed by atoms with Crippen molar-refractivity contribution in [2.75, 3.05) is 37.8 Å². The van der Waals surface area contributed by atoms with Crippen molar-refractivity contribution in [3.05, 3.63) is 120 Å². The average molecular weight is 697 g/mol. The van der Waals surface area contributed by atoms with Gasteiger partial charge in [0.25, 0.3) is 0 Å². The number of anilines is 2. The predicted octanol–water partition coefficient (Wildman–Crippen LogP) is 6.24. The van der Waals surface area contributed by atoms with Crippen LogP contribution in [0.4, 0.5) is 11.4 Å². The van der Waals surface area contributed by atoms with Gasteiger partial charge in [-0.15, -0.1) is 0 Å². The molecule has 10 nitrogen and oxygen atoms in total. The summed E-state index contributed by atoms with van der Waals surface area (Å²) in [6, 6.07) is 33.2. The molecule has 3 heterocycles. The second kappa shape index (κ2) is 15.2. The number of fused-ring (bicyclic) bond motifs is 1. The van der Waals surface area contributed by atoms with Gasteiger partial charge in [0.05, 0.1) is 6.42 Å². The van der Waals surface area contributed by atoms with Crippen LogP contribution < -0.4 is 10.6 Å². The number of carbonyl (C=O) groups excluding carboxylic acids is 4. The Kier molecular flexibility index (Phi) is 10.2. The van der Waals surface area contributed by atoms with Gasteiger partial charge >= 0.3 is 0 Å². The molecule has 0 saturated carbocycles. The summed E-state index contributed by atoms with van der Waals surface area (Å²) in [4.78, 5) is 62.4. The molecule has 266 valence electrons. The molecule has 5 aromatic rings. The molecule has 0 radical (unpaired) electrons. The van der Waals surface area contributed by atoms with Gasteiger partial charge in [0.15, 0.2) is 0 Å². The van der Waals surface area contributed by atoms with E-state index in [2.05, 4.69) is 15.6 Å². The molecule has 3 atom stereocenters. The van der Waals surface area contributed by atoms with Crippen molar-refractivity contribution in [1.29, 1.82) is 0 Å². The summed E-state index contributed by atoms with van der Waals surface area (Å²) in [5.74, 6) is -0.468. The number of hydrogen-bond donors (Lipinski definition) is 3. The lowest BCUT2D eigenvalue weighted by Gasteiger charge is -2.31. The van der Waals surface area contributed by atoms with E-state index in [9.17, 15) is 19.2 Å². The van der Waals surface area contributed by atoms with Gasteiger partial charge in [-0.3, -0.25) is 24.1 Å². The third-order valence-corrected chi connectivity index (χ3v) is 10.1. The Morgan fingerprint density at radius 1 is 0.731 bits per heavy atom. The van der Waals surface area contributed by atoms with Crippen LogP contribution in [-0.4, -0.2) is 82.6 Å². The number of rotatable bonds is 10. The lowest BCUT2D eigenvalue weighted by atomic mass is 10.0. The minimum Gasteiger partial charge on any atom is -0.355 e. The molecule has 1 unspecified atom stereocenters. The minimum atomic E-state index is -0.540. The second-order valence-corrected chi connectivity index (χ2v) is 13.9. The molecule has 4 amide bonds. The van der Waals surface area contributed by atoms with Crippen molar-refractivity contribution in [3.63, 3.8) is 0 Å². The molecular weight excluding hydrogens is 652 g/mol. The molecule has 0 spiro atoms. The Hall–Kier alpha value is -5.74. The number of H-pyrrole nitrogens is 1. The third-order valence-electron chi connectivity index (χ3n) is 10.1. The summed E-state index contributed by atoms with van der Waals surface area (Å²) in [6.07, 6.45) is 3.11. The molecule has 2 fully saturated rings. The first kappa shape index (κ1) is 34.7. The molecule has 10 heteroatoms. The molecule has 7 rings (SSSR count). The topological polar surface area (TPSA) is 118 Å². The fraction of sp³-hybridized carbons (Fsp3) is 0.286. The number of aromatic amines is 1. The van der Waals surface area contributed by atoms with Gasteiger partial charge < -0.3 is 25.4 Å². The molecule has 3 N–H and O–H groups in total. The van der Waals surface area contributed by atoms with Crippen LogP contribution >= 0.6 is 0 Å². The van der Waals surface area contributed by atoms with Gasteiger partial charge in [0, 0.05) is 41.1 Å². The number of benzene rings is 4. The number of hydrogen-bond acceptors (Lipinski definition) is 5. The van der Waals surface area contributed by atoms with E-state index in [-0.39, 0.29) is 30.0 Å². The highest BCUT2D eigenvalue weighted by Gasteiger charge is 2.38. The average Bonchev–Trinajstić information content (AvgIpc) is 3.93. The summed E-state index contributed by atoms with van der Waals surface area (Å²) in [5, 5.41) is 7.00. The SMILES string of the molecule is CN(C)[C@@H](C(=O)N1CCC[C@H]1C(=O)Nc1ccc2[nH]c(-c3ccc(NC(=O)C4CCCN4C(=O)Cc4ccccc4)cc3)cc2c1)c1ccccc1. The highest BCUT2D eigenvalue weighted by molar-refractivity contribution is 6.00. The number of amides is 4. The van der Waals surface area contributed by atoms with Crippen molar-refractivity contribution >= 4 is 45.9 Å². The normalized spacial score (nSPS) is 17.8. The van der Waals surface area contributed by atoms with E-state index in [4.69, 9.17) is 0 Å². The number of carbonyl (C=O) groups is 4. The van der Waals surface area contributed by atoms with E-state index >= 15 is 0 Å². The van der Waals surface area contributed by atoms with E-state index in [0.29, 0.717) is 37.3 Å². The number of likely N-dealkylation sites (tertiary alicyclic amines) is 2. The van der Waals surface area contributed by atoms with Crippen molar-refractivity contribution < 1.29 is 19.2 Å². The second-order valence-electron chi connectivity index (χ2n) is 13.9. The number of likely N-dealkylation sites (N-methyl/N-ethyl adjacent to an activating group) is 1. The lowest BCUT2D eigenvalue weighted by Crippen LogP contribution is -2.47. The molecule has 2 aliphatic heterocycles. The summed E-state index contributed by atoms with van der Waals surface area (Å²) in [7, 11) is 3.77. The van der Waals surface area contributed by atoms with Gasteiger partial charge in [-0.25, -0.2) is 0 Å². The maximum Gasteiger partial charge on any atom is 0.247 e. The van der Waals surface area contributed by atoms with Crippen LogP contribution in [0.1, 0.15) is 42.9 Å². The van der Waals surface area contributed by atoms with E-state index < -0.39 is 18.1 Å². The first-order chi connectivity index (χ1) is 25.2. The van der Waals surface area contributed by atoms with Crippen LogP contribution in [0, 0.1) is 0 Å². The zero-order valence-electron chi connectivity index (χ0n) is 29.5. The fourth-order valence-electron chi connectivity index (χ4n) is 7.52. The van der Waals surface area contributed by atoms with E-state index in [1.165, 1.54) is 0 Å². The van der Waals surface area contributed by atoms with Crippen LogP contribution in [0.3, 0.4) is 0 Å². The van der Waals surface area contributed by atoms with Crippen LogP contribution in [0.15, 0.2) is 109 Å². The maximum atomic E-state index is 13.8. The maximum absolute atomic E-state index is 13.8. The summed E-state index contributed by atoms with van der Waals surface area (Å²) >= 11 is 0. The summed E-state index contributed by atoms with van der Waals surface area (Å²) < 4.78 is 0. The lowest BCUT2D eigenvalue weighted by molar-refractivity contribution is -0.140. The van der Waals surface area contributed by atoms with E-state index in [0.717, 1.165) is 46.1 Å². The number of aromatic nitrogens is 1. The molecule has 0 bridgehead atoms. The Balaban J connectivity index is 0.982. The van der Waals surface area contributed by atoms with Crippen molar-refractivity contribution in [2.45, 2.75) is 50.2 Å². The zero-order chi connectivity index (χ0) is 36.2. The molecule has 2 saturated heterocycles. The Labute approximate surface area is 303 Å². The molecule has 1 aromatic heterocycles. The number of nitrogens with one attached hydrogen (secondary N) is 3. The Bertz CT molecular complexity index is 2060. The van der Waals surface area contributed by atoms with Crippen LogP contribution in [0.2, 0.25) is 0 Å². The Morgan fingerprint density at radius 3 is 2.00 bits per heavy atom. The molecule has 4 aromatic carbocycles. The van der Waals surface area contributed by atoms with Crippen LogP contribution in [0.25, 0.3) is 22.2 Å². The first-order valence-electron chi connectivity index (χ1n) is 18.0. The minimum absolute atomic E-state index is 0.0340. The van der Waals surface area contributed by atoms with Gasteiger partial charge in [-0.2, -0.15) is 0 Å². The quantitative estimate of drug-likeness (QED) is 0.160. The highest BCUT2D eigenvalue weighted by Crippen LogP contribution is 2.30. The van der Waals surface area contributed by atoms with Crippen LogP contribution in [0.5, 0.6) is 0 Å². The van der Waals surface area contributed by atoms with Crippen molar-refractivity contribution in [2.24, 2.45) is 0 Å². The van der Waals surface area contributed by atoms with Gasteiger partial charge in [-0.05, 0) is 92.9 Å². The van der Waals surface area contributed by atoms with Crippen molar-refractivity contribution in [1.82, 2.24) is 19.7 Å². The van der Waals surface area contributed by atoms with Gasteiger partial charge in [0.2, 0.25) is 23.6 Å².